The van der Waals surface area contributed by atoms with Crippen molar-refractivity contribution < 1.29 is 9.90 Å². The zero-order chi connectivity index (χ0) is 17.4. The van der Waals surface area contributed by atoms with Crippen molar-refractivity contribution in [1.29, 1.82) is 0 Å². The first-order valence-electron chi connectivity index (χ1n) is 6.95. The fourth-order valence-corrected chi connectivity index (χ4v) is 3.17. The predicted octanol–water partition coefficient (Wildman–Crippen LogP) is 1.56. The molecule has 122 valence electrons. The highest BCUT2D eigenvalue weighted by Crippen LogP contribution is 2.24. The number of benzene rings is 1. The number of nitrogens with zero attached hydrogens (tertiary/aromatic N) is 3. The van der Waals surface area contributed by atoms with E-state index < -0.39 is 11.7 Å². The van der Waals surface area contributed by atoms with Gasteiger partial charge in [0.25, 0.3) is 5.56 Å². The van der Waals surface area contributed by atoms with E-state index in [1.54, 1.807) is 31.3 Å². The summed E-state index contributed by atoms with van der Waals surface area (Å²) in [5, 5.41) is 9.66. The lowest BCUT2D eigenvalue weighted by molar-refractivity contribution is 0.0697. The van der Waals surface area contributed by atoms with E-state index in [0.717, 1.165) is 9.27 Å². The molecule has 0 aliphatic rings. The number of fused-ring (bicyclic) bond motifs is 1. The summed E-state index contributed by atoms with van der Waals surface area (Å²) < 4.78 is 3.12. The lowest BCUT2D eigenvalue weighted by atomic mass is 10.2. The number of aryl methyl sites for hydroxylation is 1. The number of thiazole rings is 1. The van der Waals surface area contributed by atoms with Crippen LogP contribution < -0.4 is 11.2 Å². The molecule has 0 aliphatic heterocycles. The molecule has 1 aromatic carbocycles. The van der Waals surface area contributed by atoms with Gasteiger partial charge >= 0.3 is 11.7 Å². The van der Waals surface area contributed by atoms with Crippen molar-refractivity contribution in [3.63, 3.8) is 0 Å². The van der Waals surface area contributed by atoms with Crippen molar-refractivity contribution in [2.24, 2.45) is 14.1 Å². The van der Waals surface area contributed by atoms with Gasteiger partial charge in [0.15, 0.2) is 0 Å². The van der Waals surface area contributed by atoms with E-state index in [1.165, 1.54) is 35.2 Å². The molecule has 7 nitrogen and oxygen atoms in total. The van der Waals surface area contributed by atoms with Crippen LogP contribution in [0.15, 0.2) is 34.0 Å². The van der Waals surface area contributed by atoms with Crippen LogP contribution in [0.4, 0.5) is 0 Å². The zero-order valence-corrected chi connectivity index (χ0v) is 13.7. The van der Waals surface area contributed by atoms with Crippen LogP contribution in [0, 0.1) is 0 Å². The van der Waals surface area contributed by atoms with Crippen LogP contribution in [0.2, 0.25) is 0 Å². The quantitative estimate of drug-likeness (QED) is 0.779. The Morgan fingerprint density at radius 1 is 1.25 bits per heavy atom. The minimum Gasteiger partial charge on any atom is -0.478 e. The third-order valence-electron chi connectivity index (χ3n) is 3.53. The molecule has 0 aliphatic carbocycles. The monoisotopic (exact) mass is 343 g/mol. The molecule has 0 fully saturated rings. The van der Waals surface area contributed by atoms with E-state index in [4.69, 9.17) is 5.11 Å². The summed E-state index contributed by atoms with van der Waals surface area (Å²) in [5.74, 6) is -0.990. The molecule has 8 heteroatoms. The topological polar surface area (TPSA) is 94.2 Å². The average Bonchev–Trinajstić information content (AvgIpc) is 2.96. The SMILES string of the molecule is Cn1cc(/C=C/c2nc3ccc(C(=O)O)cc3s2)c(=O)n(C)c1=O. The Morgan fingerprint density at radius 2 is 2.00 bits per heavy atom. The van der Waals surface area contributed by atoms with E-state index in [0.29, 0.717) is 16.1 Å². The van der Waals surface area contributed by atoms with E-state index in [1.807, 2.05) is 0 Å². The minimum absolute atomic E-state index is 0.202. The summed E-state index contributed by atoms with van der Waals surface area (Å²) in [6.07, 6.45) is 4.74. The van der Waals surface area contributed by atoms with Crippen molar-refractivity contribution in [1.82, 2.24) is 14.1 Å². The summed E-state index contributed by atoms with van der Waals surface area (Å²) in [7, 11) is 3.00. The standard InChI is InChI=1S/C16H13N3O4S/c1-18-8-10(14(20)19(2)16(18)23)4-6-13-17-11-5-3-9(15(21)22)7-12(11)24-13/h3-8H,1-2H3,(H,21,22)/b6-4+. The molecule has 0 saturated carbocycles. The maximum atomic E-state index is 12.1. The highest BCUT2D eigenvalue weighted by molar-refractivity contribution is 7.19. The largest absolute Gasteiger partial charge is 0.478 e. The number of carboxylic acids is 1. The summed E-state index contributed by atoms with van der Waals surface area (Å²) in [5.41, 5.74) is 0.485. The van der Waals surface area contributed by atoms with E-state index in [9.17, 15) is 14.4 Å². The number of aromatic nitrogens is 3. The van der Waals surface area contributed by atoms with Crippen LogP contribution in [0.5, 0.6) is 0 Å². The third-order valence-corrected chi connectivity index (χ3v) is 4.51. The van der Waals surface area contributed by atoms with E-state index >= 15 is 0 Å². The summed E-state index contributed by atoms with van der Waals surface area (Å²) >= 11 is 1.33. The summed E-state index contributed by atoms with van der Waals surface area (Å²) in [6.45, 7) is 0. The molecule has 2 heterocycles. The van der Waals surface area contributed by atoms with Crippen LogP contribution in [0.3, 0.4) is 0 Å². The first-order chi connectivity index (χ1) is 11.4. The molecule has 0 radical (unpaired) electrons. The lowest BCUT2D eigenvalue weighted by Crippen LogP contribution is -2.37. The maximum absolute atomic E-state index is 12.1. The van der Waals surface area contributed by atoms with Crippen LogP contribution in [0.25, 0.3) is 22.4 Å². The van der Waals surface area contributed by atoms with Crippen LogP contribution in [-0.2, 0) is 14.1 Å². The summed E-state index contributed by atoms with van der Waals surface area (Å²) in [6, 6.07) is 4.72. The zero-order valence-electron chi connectivity index (χ0n) is 12.9. The maximum Gasteiger partial charge on any atom is 0.335 e. The molecule has 0 amide bonds. The van der Waals surface area contributed by atoms with Gasteiger partial charge in [-0.25, -0.2) is 14.6 Å². The Morgan fingerprint density at radius 3 is 2.71 bits per heavy atom. The number of carboxylic acid groups (broad SMARTS) is 1. The van der Waals surface area contributed by atoms with Crippen LogP contribution in [0.1, 0.15) is 20.9 Å². The predicted molar refractivity (Wildman–Crippen MR) is 92.4 cm³/mol. The molecule has 3 aromatic rings. The Bertz CT molecular complexity index is 1100. The second kappa shape index (κ2) is 5.89. The average molecular weight is 343 g/mol. The van der Waals surface area contributed by atoms with Crippen molar-refractivity contribution in [3.8, 4) is 0 Å². The van der Waals surface area contributed by atoms with Gasteiger partial charge < -0.3 is 9.67 Å². The highest BCUT2D eigenvalue weighted by atomic mass is 32.1. The van der Waals surface area contributed by atoms with Gasteiger partial charge in [0.1, 0.15) is 5.01 Å². The number of carbonyl (C=O) groups is 1. The van der Waals surface area contributed by atoms with Gasteiger partial charge in [-0.2, -0.15) is 0 Å². The van der Waals surface area contributed by atoms with Gasteiger partial charge in [0.05, 0.1) is 21.3 Å². The Labute approximate surface area is 139 Å². The number of rotatable bonds is 3. The molecule has 1 N–H and O–H groups in total. The van der Waals surface area contributed by atoms with Crippen molar-refractivity contribution in [2.75, 3.05) is 0 Å². The summed E-state index contributed by atoms with van der Waals surface area (Å²) in [4.78, 5) is 39.1. The molecular formula is C16H13N3O4S. The third kappa shape index (κ3) is 2.79. The molecular weight excluding hydrogens is 330 g/mol. The normalized spacial score (nSPS) is 11.4. The first kappa shape index (κ1) is 15.9. The van der Waals surface area contributed by atoms with Gasteiger partial charge in [0, 0.05) is 20.3 Å². The number of hydrogen-bond donors (Lipinski definition) is 1. The smallest absolute Gasteiger partial charge is 0.335 e. The van der Waals surface area contributed by atoms with E-state index in [2.05, 4.69) is 4.98 Å². The van der Waals surface area contributed by atoms with Gasteiger partial charge in [-0.1, -0.05) is 0 Å². The molecule has 0 unspecified atom stereocenters. The Hall–Kier alpha value is -3.00. The van der Waals surface area contributed by atoms with Gasteiger partial charge in [-0.15, -0.1) is 11.3 Å². The molecule has 3 rings (SSSR count). The van der Waals surface area contributed by atoms with Gasteiger partial charge in [-0.05, 0) is 30.4 Å². The Kier molecular flexibility index (Phi) is 3.90. The van der Waals surface area contributed by atoms with E-state index in [-0.39, 0.29) is 11.1 Å². The van der Waals surface area contributed by atoms with Crippen molar-refractivity contribution in [3.05, 3.63) is 61.4 Å². The molecule has 24 heavy (non-hydrogen) atoms. The molecule has 2 aromatic heterocycles. The second-order valence-corrected chi connectivity index (χ2v) is 6.28. The number of hydrogen-bond acceptors (Lipinski definition) is 5. The second-order valence-electron chi connectivity index (χ2n) is 5.22. The number of aromatic carboxylic acids is 1. The molecule has 0 spiro atoms. The Balaban J connectivity index is 2.01. The fraction of sp³-hybridized carbons (Fsp3) is 0.125. The highest BCUT2D eigenvalue weighted by Gasteiger charge is 2.08. The molecule has 0 atom stereocenters. The van der Waals surface area contributed by atoms with Gasteiger partial charge in [0.2, 0.25) is 0 Å². The lowest BCUT2D eigenvalue weighted by Gasteiger charge is -2.02. The van der Waals surface area contributed by atoms with Crippen LogP contribution >= 0.6 is 11.3 Å². The van der Waals surface area contributed by atoms with Crippen LogP contribution in [-0.4, -0.2) is 25.2 Å². The first-order valence-corrected chi connectivity index (χ1v) is 7.77. The molecule has 0 saturated heterocycles. The fourth-order valence-electron chi connectivity index (χ4n) is 2.26. The minimum atomic E-state index is -0.990. The van der Waals surface area contributed by atoms with Gasteiger partial charge in [-0.3, -0.25) is 9.36 Å². The molecule has 0 bridgehead atoms. The van der Waals surface area contributed by atoms with Crippen molar-refractivity contribution >= 4 is 39.7 Å². The van der Waals surface area contributed by atoms with Crippen molar-refractivity contribution in [2.45, 2.75) is 0 Å².